The van der Waals surface area contributed by atoms with E-state index in [9.17, 15) is 4.79 Å². The Balaban J connectivity index is 2.10. The Morgan fingerprint density at radius 1 is 1.47 bits per heavy atom. The minimum absolute atomic E-state index is 0.0978. The highest BCUT2D eigenvalue weighted by atomic mass is 16.5. The van der Waals surface area contributed by atoms with Crippen molar-refractivity contribution in [1.29, 1.82) is 0 Å². The van der Waals surface area contributed by atoms with Crippen LogP contribution in [0, 0.1) is 11.8 Å². The molecule has 1 saturated heterocycles. The zero-order chi connectivity index (χ0) is 12.4. The number of methoxy groups -OCH3 is 1. The maximum Gasteiger partial charge on any atom is 0.310 e. The number of aromatic nitrogens is 2. The van der Waals surface area contributed by atoms with Gasteiger partial charge in [-0.25, -0.2) is 0 Å². The van der Waals surface area contributed by atoms with Gasteiger partial charge in [0.1, 0.15) is 5.82 Å². The molecule has 6 nitrogen and oxygen atoms in total. The first-order valence-corrected chi connectivity index (χ1v) is 5.53. The molecular formula is C11H16N4O2. The van der Waals surface area contributed by atoms with Crippen LogP contribution in [0.3, 0.4) is 0 Å². The highest BCUT2D eigenvalue weighted by molar-refractivity contribution is 5.74. The van der Waals surface area contributed by atoms with Crippen LogP contribution in [0.2, 0.25) is 0 Å². The number of carbonyl (C=O) groups excluding carboxylic acids is 1. The zero-order valence-electron chi connectivity index (χ0n) is 9.96. The Hall–Kier alpha value is -1.85. The monoisotopic (exact) mass is 236 g/mol. The Labute approximate surface area is 99.8 Å². The largest absolute Gasteiger partial charge is 0.469 e. The van der Waals surface area contributed by atoms with Crippen molar-refractivity contribution < 1.29 is 9.53 Å². The first-order chi connectivity index (χ1) is 8.11. The van der Waals surface area contributed by atoms with Gasteiger partial charge in [-0.1, -0.05) is 6.92 Å². The summed E-state index contributed by atoms with van der Waals surface area (Å²) in [5, 5.41) is 7.82. The Kier molecular flexibility index (Phi) is 3.12. The lowest BCUT2D eigenvalue weighted by Crippen LogP contribution is -2.25. The number of nitrogen functional groups attached to an aromatic ring is 1. The van der Waals surface area contributed by atoms with Crippen LogP contribution < -0.4 is 10.6 Å². The summed E-state index contributed by atoms with van der Waals surface area (Å²) in [5.41, 5.74) is 5.48. The van der Waals surface area contributed by atoms with Crippen LogP contribution in [0.5, 0.6) is 0 Å². The molecule has 6 heteroatoms. The lowest BCUT2D eigenvalue weighted by atomic mass is 9.99. The maximum absolute atomic E-state index is 11.6. The molecule has 2 rings (SSSR count). The van der Waals surface area contributed by atoms with Crippen molar-refractivity contribution in [3.05, 3.63) is 12.1 Å². The van der Waals surface area contributed by atoms with E-state index < -0.39 is 0 Å². The fourth-order valence-corrected chi connectivity index (χ4v) is 2.12. The topological polar surface area (TPSA) is 81.3 Å². The normalized spacial score (nSPS) is 23.8. The van der Waals surface area contributed by atoms with Crippen molar-refractivity contribution in [2.24, 2.45) is 11.8 Å². The number of nitrogens with two attached hydrogens (primary N) is 1. The highest BCUT2D eigenvalue weighted by Crippen LogP contribution is 2.27. The number of hydrogen-bond donors (Lipinski definition) is 1. The molecule has 0 amide bonds. The van der Waals surface area contributed by atoms with E-state index in [1.54, 1.807) is 6.07 Å². The SMILES string of the molecule is COC(=O)C1CN(c2ccc(N)nn2)CC1C. The molecule has 92 valence electrons. The smallest absolute Gasteiger partial charge is 0.310 e. The van der Waals surface area contributed by atoms with Gasteiger partial charge in [-0.3, -0.25) is 4.79 Å². The number of ether oxygens (including phenoxy) is 1. The maximum atomic E-state index is 11.6. The van der Waals surface area contributed by atoms with Crippen molar-refractivity contribution in [3.63, 3.8) is 0 Å². The van der Waals surface area contributed by atoms with Gasteiger partial charge in [0, 0.05) is 13.1 Å². The van der Waals surface area contributed by atoms with E-state index in [4.69, 9.17) is 10.5 Å². The third-order valence-electron chi connectivity index (χ3n) is 3.11. The van der Waals surface area contributed by atoms with Crippen molar-refractivity contribution >= 4 is 17.6 Å². The summed E-state index contributed by atoms with van der Waals surface area (Å²) < 4.78 is 4.79. The number of anilines is 2. The predicted octanol–water partition coefficient (Wildman–Crippen LogP) is 0.304. The molecule has 1 fully saturated rings. The van der Waals surface area contributed by atoms with Gasteiger partial charge in [0.2, 0.25) is 0 Å². The zero-order valence-corrected chi connectivity index (χ0v) is 9.96. The van der Waals surface area contributed by atoms with Gasteiger partial charge in [0.05, 0.1) is 13.0 Å². The third-order valence-corrected chi connectivity index (χ3v) is 3.11. The first-order valence-electron chi connectivity index (χ1n) is 5.53. The van der Waals surface area contributed by atoms with E-state index in [0.717, 1.165) is 12.4 Å². The molecule has 0 aromatic carbocycles. The fraction of sp³-hybridized carbons (Fsp3) is 0.545. The van der Waals surface area contributed by atoms with Crippen LogP contribution in [-0.2, 0) is 9.53 Å². The average Bonchev–Trinajstić information content (AvgIpc) is 2.71. The van der Waals surface area contributed by atoms with Crippen molar-refractivity contribution in [2.75, 3.05) is 30.8 Å². The van der Waals surface area contributed by atoms with Crippen LogP contribution in [-0.4, -0.2) is 36.4 Å². The van der Waals surface area contributed by atoms with Crippen molar-refractivity contribution in [3.8, 4) is 0 Å². The Morgan fingerprint density at radius 3 is 2.82 bits per heavy atom. The van der Waals surface area contributed by atoms with Crippen LogP contribution in [0.15, 0.2) is 12.1 Å². The Morgan fingerprint density at radius 2 is 2.24 bits per heavy atom. The number of hydrogen-bond acceptors (Lipinski definition) is 6. The molecule has 0 bridgehead atoms. The van der Waals surface area contributed by atoms with Gasteiger partial charge in [0.15, 0.2) is 5.82 Å². The second-order valence-electron chi connectivity index (χ2n) is 4.33. The van der Waals surface area contributed by atoms with E-state index in [2.05, 4.69) is 10.2 Å². The molecule has 1 aliphatic rings. The van der Waals surface area contributed by atoms with Crippen molar-refractivity contribution in [2.45, 2.75) is 6.92 Å². The van der Waals surface area contributed by atoms with Crippen molar-refractivity contribution in [1.82, 2.24) is 10.2 Å². The molecule has 2 unspecified atom stereocenters. The summed E-state index contributed by atoms with van der Waals surface area (Å²) >= 11 is 0. The quantitative estimate of drug-likeness (QED) is 0.744. The third kappa shape index (κ3) is 2.30. The summed E-state index contributed by atoms with van der Waals surface area (Å²) in [6.45, 7) is 3.43. The van der Waals surface area contributed by atoms with Crippen LogP contribution in [0.1, 0.15) is 6.92 Å². The number of esters is 1. The molecule has 2 heterocycles. The number of carbonyl (C=O) groups is 1. The van der Waals surface area contributed by atoms with Gasteiger partial charge in [-0.05, 0) is 18.1 Å². The predicted molar refractivity (Wildman–Crippen MR) is 63.3 cm³/mol. The van der Waals surface area contributed by atoms with Gasteiger partial charge in [-0.15, -0.1) is 10.2 Å². The van der Waals surface area contributed by atoms with Crippen LogP contribution in [0.25, 0.3) is 0 Å². The summed E-state index contributed by atoms with van der Waals surface area (Å²) in [7, 11) is 1.42. The van der Waals surface area contributed by atoms with Crippen LogP contribution >= 0.6 is 0 Å². The van der Waals surface area contributed by atoms with E-state index in [1.165, 1.54) is 7.11 Å². The highest BCUT2D eigenvalue weighted by Gasteiger charge is 2.36. The minimum atomic E-state index is -0.164. The Bertz CT molecular complexity index is 406. The number of rotatable bonds is 2. The standard InChI is InChI=1S/C11H16N4O2/c1-7-5-15(6-8(7)11(16)17-2)10-4-3-9(12)13-14-10/h3-4,7-8H,5-6H2,1-2H3,(H2,12,13). The second-order valence-corrected chi connectivity index (χ2v) is 4.33. The molecule has 2 N–H and O–H groups in total. The van der Waals surface area contributed by atoms with Gasteiger partial charge in [-0.2, -0.15) is 0 Å². The molecule has 17 heavy (non-hydrogen) atoms. The van der Waals surface area contributed by atoms with E-state index >= 15 is 0 Å². The van der Waals surface area contributed by atoms with E-state index in [1.807, 2.05) is 17.9 Å². The van der Waals surface area contributed by atoms with Gasteiger partial charge in [0.25, 0.3) is 0 Å². The second kappa shape index (κ2) is 4.57. The van der Waals surface area contributed by atoms with Crippen LogP contribution in [0.4, 0.5) is 11.6 Å². The fourth-order valence-electron chi connectivity index (χ4n) is 2.12. The molecule has 1 aromatic rings. The lowest BCUT2D eigenvalue weighted by Gasteiger charge is -2.15. The molecule has 0 radical (unpaired) electrons. The summed E-state index contributed by atoms with van der Waals surface area (Å²) in [4.78, 5) is 13.6. The molecular weight excluding hydrogens is 220 g/mol. The molecule has 1 aliphatic heterocycles. The van der Waals surface area contributed by atoms with Gasteiger partial charge < -0.3 is 15.4 Å². The van der Waals surface area contributed by atoms with E-state index in [-0.39, 0.29) is 17.8 Å². The molecule has 0 spiro atoms. The van der Waals surface area contributed by atoms with Gasteiger partial charge >= 0.3 is 5.97 Å². The first kappa shape index (κ1) is 11.6. The molecule has 2 atom stereocenters. The lowest BCUT2D eigenvalue weighted by molar-refractivity contribution is -0.145. The summed E-state index contributed by atoms with van der Waals surface area (Å²) in [6.07, 6.45) is 0. The summed E-state index contributed by atoms with van der Waals surface area (Å²) in [6, 6.07) is 3.52. The summed E-state index contributed by atoms with van der Waals surface area (Å²) in [5.74, 6) is 1.13. The average molecular weight is 236 g/mol. The molecule has 0 aliphatic carbocycles. The minimum Gasteiger partial charge on any atom is -0.469 e. The van der Waals surface area contributed by atoms with E-state index in [0.29, 0.717) is 12.4 Å². The number of nitrogens with zero attached hydrogens (tertiary/aromatic N) is 3. The molecule has 0 saturated carbocycles. The molecule has 1 aromatic heterocycles.